The molecule has 0 unspecified atom stereocenters. The molecule has 0 aliphatic heterocycles. The highest BCUT2D eigenvalue weighted by atomic mass is 15.3. The zero-order valence-electron chi connectivity index (χ0n) is 7.00. The van der Waals surface area contributed by atoms with Crippen LogP contribution < -0.4 is 0 Å². The summed E-state index contributed by atoms with van der Waals surface area (Å²) < 4.78 is 1.64. The molecule has 0 atom stereocenters. The van der Waals surface area contributed by atoms with Crippen molar-refractivity contribution in [3.8, 4) is 11.8 Å². The van der Waals surface area contributed by atoms with Gasteiger partial charge in [0.1, 0.15) is 6.33 Å². The van der Waals surface area contributed by atoms with E-state index in [0.29, 0.717) is 11.7 Å². The fraction of sp³-hybridized carbons (Fsp3) is 0.500. The molecule has 0 bridgehead atoms. The molecule has 0 saturated carbocycles. The van der Waals surface area contributed by atoms with E-state index in [0.717, 1.165) is 0 Å². The van der Waals surface area contributed by atoms with Gasteiger partial charge in [-0.1, -0.05) is 19.8 Å². The van der Waals surface area contributed by atoms with E-state index in [1.165, 1.54) is 0 Å². The number of hydrogen-bond donors (Lipinski definition) is 0. The normalized spacial score (nSPS) is 9.45. The lowest BCUT2D eigenvalue weighted by Gasteiger charge is -1.84. The van der Waals surface area contributed by atoms with E-state index in [1.807, 2.05) is 20.9 Å². The lowest BCUT2D eigenvalue weighted by molar-refractivity contribution is 0.762. The molecule has 11 heavy (non-hydrogen) atoms. The maximum atomic E-state index is 4.01. The monoisotopic (exact) mass is 149 g/mol. The molecular weight excluding hydrogens is 138 g/mol. The van der Waals surface area contributed by atoms with Crippen molar-refractivity contribution in [3.63, 3.8) is 0 Å². The first-order valence-electron chi connectivity index (χ1n) is 3.55. The summed E-state index contributed by atoms with van der Waals surface area (Å²) in [5.74, 6) is 6.83. The van der Waals surface area contributed by atoms with Crippen molar-refractivity contribution >= 4 is 0 Å². The third-order valence-corrected chi connectivity index (χ3v) is 1.07. The van der Waals surface area contributed by atoms with Gasteiger partial charge < -0.3 is 0 Å². The fourth-order valence-corrected chi connectivity index (χ4v) is 0.605. The average molecular weight is 149 g/mol. The van der Waals surface area contributed by atoms with E-state index >= 15 is 0 Å². The Bertz CT molecular complexity index is 288. The van der Waals surface area contributed by atoms with Crippen molar-refractivity contribution in [1.29, 1.82) is 0 Å². The van der Waals surface area contributed by atoms with Crippen molar-refractivity contribution in [2.75, 3.05) is 0 Å². The zero-order chi connectivity index (χ0) is 8.27. The second-order valence-corrected chi connectivity index (χ2v) is 2.67. The van der Waals surface area contributed by atoms with Crippen LogP contribution in [0.25, 0.3) is 0 Å². The van der Waals surface area contributed by atoms with Crippen molar-refractivity contribution in [3.05, 3.63) is 12.2 Å². The van der Waals surface area contributed by atoms with Gasteiger partial charge >= 0.3 is 0 Å². The largest absolute Gasteiger partial charge is 0.255 e. The Morgan fingerprint density at radius 1 is 1.55 bits per heavy atom. The van der Waals surface area contributed by atoms with Gasteiger partial charge in [-0.2, -0.15) is 0 Å². The molecule has 1 aromatic rings. The predicted octanol–water partition coefficient (Wildman–Crippen LogP) is 0.823. The van der Waals surface area contributed by atoms with Crippen LogP contribution in [0.5, 0.6) is 0 Å². The molecule has 0 radical (unpaired) electrons. The molecule has 0 amide bonds. The molecule has 0 saturated heterocycles. The van der Waals surface area contributed by atoms with Crippen molar-refractivity contribution in [1.82, 2.24) is 14.8 Å². The van der Waals surface area contributed by atoms with Crippen LogP contribution in [-0.2, 0) is 7.05 Å². The number of aromatic nitrogens is 3. The summed E-state index contributed by atoms with van der Waals surface area (Å²) >= 11 is 0. The van der Waals surface area contributed by atoms with Crippen molar-refractivity contribution in [2.45, 2.75) is 13.8 Å². The molecule has 0 aromatic carbocycles. The minimum absolute atomic E-state index is 0.374. The SMILES string of the molecule is CC(C)C#Cc1ncn(C)n1. The number of hydrogen-bond acceptors (Lipinski definition) is 2. The summed E-state index contributed by atoms with van der Waals surface area (Å²) in [6.45, 7) is 4.08. The molecule has 1 heterocycles. The molecule has 0 aliphatic rings. The van der Waals surface area contributed by atoms with E-state index in [1.54, 1.807) is 11.0 Å². The average Bonchev–Trinajstić information content (AvgIpc) is 2.31. The molecule has 58 valence electrons. The standard InChI is InChI=1S/C8H11N3/c1-7(2)4-5-8-9-6-11(3)10-8/h6-7H,1-3H3. The van der Waals surface area contributed by atoms with Gasteiger partial charge in [-0.15, -0.1) is 5.10 Å². The predicted molar refractivity (Wildman–Crippen MR) is 42.7 cm³/mol. The van der Waals surface area contributed by atoms with Crippen LogP contribution in [0, 0.1) is 17.8 Å². The van der Waals surface area contributed by atoms with E-state index in [-0.39, 0.29) is 0 Å². The second kappa shape index (κ2) is 3.20. The van der Waals surface area contributed by atoms with Crippen LogP contribution in [0.2, 0.25) is 0 Å². The Kier molecular flexibility index (Phi) is 2.27. The van der Waals surface area contributed by atoms with Gasteiger partial charge in [0.25, 0.3) is 0 Å². The Hall–Kier alpha value is -1.30. The van der Waals surface area contributed by atoms with Gasteiger partial charge in [0, 0.05) is 13.0 Å². The van der Waals surface area contributed by atoms with Crippen molar-refractivity contribution < 1.29 is 0 Å². The molecule has 3 heteroatoms. The van der Waals surface area contributed by atoms with Crippen molar-refractivity contribution in [2.24, 2.45) is 13.0 Å². The Morgan fingerprint density at radius 3 is 2.73 bits per heavy atom. The van der Waals surface area contributed by atoms with Gasteiger partial charge in [-0.05, 0) is 5.92 Å². The molecule has 0 fully saturated rings. The molecular formula is C8H11N3. The Morgan fingerprint density at radius 2 is 2.27 bits per heavy atom. The third kappa shape index (κ3) is 2.42. The second-order valence-electron chi connectivity index (χ2n) is 2.67. The van der Waals surface area contributed by atoms with Crippen LogP contribution in [0.4, 0.5) is 0 Å². The number of aryl methyl sites for hydroxylation is 1. The van der Waals surface area contributed by atoms with Gasteiger partial charge in [0.05, 0.1) is 0 Å². The topological polar surface area (TPSA) is 30.7 Å². The van der Waals surface area contributed by atoms with E-state index in [2.05, 4.69) is 21.9 Å². The smallest absolute Gasteiger partial charge is 0.225 e. The maximum absolute atomic E-state index is 4.01. The summed E-state index contributed by atoms with van der Waals surface area (Å²) in [4.78, 5) is 3.97. The first-order chi connectivity index (χ1) is 5.18. The molecule has 1 aromatic heterocycles. The highest BCUT2D eigenvalue weighted by Crippen LogP contribution is 1.88. The van der Waals surface area contributed by atoms with Gasteiger partial charge in [0.15, 0.2) is 0 Å². The molecule has 0 N–H and O–H groups in total. The lowest BCUT2D eigenvalue weighted by Crippen LogP contribution is -1.88. The zero-order valence-corrected chi connectivity index (χ0v) is 7.00. The number of rotatable bonds is 0. The third-order valence-electron chi connectivity index (χ3n) is 1.07. The van der Waals surface area contributed by atoms with Crippen LogP contribution >= 0.6 is 0 Å². The summed E-state index contributed by atoms with van der Waals surface area (Å²) in [5, 5.41) is 4.01. The minimum Gasteiger partial charge on any atom is -0.255 e. The van der Waals surface area contributed by atoms with Crippen LogP contribution in [-0.4, -0.2) is 14.8 Å². The summed E-state index contributed by atoms with van der Waals surface area (Å²) in [5.41, 5.74) is 0. The highest BCUT2D eigenvalue weighted by molar-refractivity contribution is 5.19. The van der Waals surface area contributed by atoms with E-state index in [9.17, 15) is 0 Å². The molecule has 1 rings (SSSR count). The molecule has 3 nitrogen and oxygen atoms in total. The van der Waals surface area contributed by atoms with Crippen LogP contribution in [0.15, 0.2) is 6.33 Å². The Balaban J connectivity index is 2.74. The Labute approximate surface area is 66.4 Å². The lowest BCUT2D eigenvalue weighted by atomic mass is 10.2. The summed E-state index contributed by atoms with van der Waals surface area (Å²) in [6, 6.07) is 0. The van der Waals surface area contributed by atoms with Crippen LogP contribution in [0.3, 0.4) is 0 Å². The summed E-state index contributed by atoms with van der Waals surface area (Å²) in [7, 11) is 1.83. The quantitative estimate of drug-likeness (QED) is 0.511. The molecule has 0 aliphatic carbocycles. The summed E-state index contributed by atoms with van der Waals surface area (Å²) in [6.07, 6.45) is 1.64. The van der Waals surface area contributed by atoms with E-state index in [4.69, 9.17) is 0 Å². The van der Waals surface area contributed by atoms with E-state index < -0.39 is 0 Å². The first kappa shape index (κ1) is 7.80. The van der Waals surface area contributed by atoms with Gasteiger partial charge in [-0.3, -0.25) is 4.68 Å². The fourth-order valence-electron chi connectivity index (χ4n) is 0.605. The van der Waals surface area contributed by atoms with Gasteiger partial charge in [0.2, 0.25) is 5.82 Å². The van der Waals surface area contributed by atoms with Crippen LogP contribution in [0.1, 0.15) is 19.7 Å². The van der Waals surface area contributed by atoms with Gasteiger partial charge in [-0.25, -0.2) is 4.98 Å². The number of nitrogens with zero attached hydrogens (tertiary/aromatic N) is 3. The molecule has 0 spiro atoms. The minimum atomic E-state index is 0.374. The maximum Gasteiger partial charge on any atom is 0.225 e. The first-order valence-corrected chi connectivity index (χ1v) is 3.55. The highest BCUT2D eigenvalue weighted by Gasteiger charge is 1.90.